The van der Waals surface area contributed by atoms with Crippen LogP contribution >= 0.6 is 0 Å². The van der Waals surface area contributed by atoms with Crippen LogP contribution < -0.4 is 5.32 Å². The van der Waals surface area contributed by atoms with Crippen molar-refractivity contribution in [3.8, 4) is 0 Å². The van der Waals surface area contributed by atoms with E-state index < -0.39 is 0 Å². The van der Waals surface area contributed by atoms with Gasteiger partial charge in [0.15, 0.2) is 0 Å². The third kappa shape index (κ3) is 3.51. The zero-order chi connectivity index (χ0) is 15.7. The lowest BCUT2D eigenvalue weighted by Crippen LogP contribution is -2.52. The maximum atomic E-state index is 3.68. The number of aryl methyl sites for hydroxylation is 2. The van der Waals surface area contributed by atoms with Crippen LogP contribution in [0.25, 0.3) is 0 Å². The lowest BCUT2D eigenvalue weighted by Gasteiger charge is -2.53. The van der Waals surface area contributed by atoms with Crippen LogP contribution in [0, 0.1) is 25.2 Å². The van der Waals surface area contributed by atoms with Gasteiger partial charge in [-0.15, -0.1) is 0 Å². The summed E-state index contributed by atoms with van der Waals surface area (Å²) in [5.74, 6) is 0.850. The fraction of sp³-hybridized carbons (Fsp3) is 0.700. The molecule has 1 aliphatic rings. The molecule has 0 spiro atoms. The highest BCUT2D eigenvalue weighted by Crippen LogP contribution is 2.54. The summed E-state index contributed by atoms with van der Waals surface area (Å²) < 4.78 is 0. The number of benzene rings is 1. The Morgan fingerprint density at radius 1 is 1.14 bits per heavy atom. The van der Waals surface area contributed by atoms with Crippen LogP contribution in [0.2, 0.25) is 0 Å². The maximum absolute atomic E-state index is 3.68. The molecule has 0 radical (unpaired) electrons. The summed E-state index contributed by atoms with van der Waals surface area (Å²) in [6, 6.07) is 7.10. The van der Waals surface area contributed by atoms with E-state index in [2.05, 4.69) is 65.1 Å². The molecule has 0 aliphatic heterocycles. The molecule has 1 saturated carbocycles. The van der Waals surface area contributed by atoms with Crippen LogP contribution in [0.3, 0.4) is 0 Å². The Bertz CT molecular complexity index is 475. The molecule has 0 aromatic heterocycles. The Morgan fingerprint density at radius 2 is 1.81 bits per heavy atom. The summed E-state index contributed by atoms with van der Waals surface area (Å²) in [5, 5.41) is 3.68. The summed E-state index contributed by atoms with van der Waals surface area (Å²) in [7, 11) is 0. The van der Waals surface area contributed by atoms with Gasteiger partial charge in [0, 0.05) is 12.0 Å². The lowest BCUT2D eigenvalue weighted by atomic mass is 9.52. The van der Waals surface area contributed by atoms with E-state index in [0.29, 0.717) is 10.8 Å². The van der Waals surface area contributed by atoms with Crippen molar-refractivity contribution in [3.05, 3.63) is 34.9 Å². The first kappa shape index (κ1) is 16.5. The molecule has 118 valence electrons. The van der Waals surface area contributed by atoms with Crippen LogP contribution in [0.5, 0.6) is 0 Å². The van der Waals surface area contributed by atoms with Crippen LogP contribution in [0.4, 0.5) is 0 Å². The first-order valence-corrected chi connectivity index (χ1v) is 8.57. The predicted molar refractivity (Wildman–Crippen MR) is 92.9 cm³/mol. The number of rotatable bonds is 5. The molecule has 0 heterocycles. The Kier molecular flexibility index (Phi) is 4.82. The molecule has 1 heteroatoms. The Labute approximate surface area is 131 Å². The quantitative estimate of drug-likeness (QED) is 0.752. The molecule has 0 bridgehead atoms. The SMILES string of the molecule is CCCNCC1(c2ccc(C)c(C)c2)CC(C(C)(C)C)C1. The van der Waals surface area contributed by atoms with Gasteiger partial charge in [-0.1, -0.05) is 45.9 Å². The molecule has 1 aromatic carbocycles. The van der Waals surface area contributed by atoms with E-state index in [-0.39, 0.29) is 0 Å². The first-order valence-electron chi connectivity index (χ1n) is 8.57. The second-order valence-corrected chi connectivity index (χ2v) is 8.23. The van der Waals surface area contributed by atoms with Crippen LogP contribution in [0.15, 0.2) is 18.2 Å². The molecule has 0 atom stereocenters. The Morgan fingerprint density at radius 3 is 2.33 bits per heavy atom. The molecule has 0 saturated heterocycles. The average molecular weight is 287 g/mol. The Balaban J connectivity index is 2.19. The first-order chi connectivity index (χ1) is 9.78. The smallest absolute Gasteiger partial charge is 0.00835 e. The standard InChI is InChI=1S/C20H33N/c1-7-10-21-14-20(12-18(13-20)19(4,5)6)17-9-8-15(2)16(3)11-17/h8-9,11,18,21H,7,10,12-14H2,1-6H3. The minimum absolute atomic E-state index is 0.367. The highest BCUT2D eigenvalue weighted by atomic mass is 14.9. The largest absolute Gasteiger partial charge is 0.316 e. The normalized spacial score (nSPS) is 25.7. The average Bonchev–Trinajstić information content (AvgIpc) is 2.34. The van der Waals surface area contributed by atoms with Crippen molar-refractivity contribution in [3.63, 3.8) is 0 Å². The summed E-state index contributed by atoms with van der Waals surface area (Å²) in [6.45, 7) is 16.1. The summed E-state index contributed by atoms with van der Waals surface area (Å²) in [5.41, 5.74) is 5.19. The van der Waals surface area contributed by atoms with Crippen molar-refractivity contribution in [2.75, 3.05) is 13.1 Å². The molecule has 2 rings (SSSR count). The molecule has 1 aromatic rings. The molecular formula is C20H33N. The van der Waals surface area contributed by atoms with Gasteiger partial charge in [-0.3, -0.25) is 0 Å². The number of hydrogen-bond donors (Lipinski definition) is 1. The zero-order valence-electron chi connectivity index (χ0n) is 14.8. The van der Waals surface area contributed by atoms with E-state index >= 15 is 0 Å². The highest BCUT2D eigenvalue weighted by molar-refractivity contribution is 5.37. The summed E-state index contributed by atoms with van der Waals surface area (Å²) >= 11 is 0. The zero-order valence-corrected chi connectivity index (χ0v) is 14.8. The van der Waals surface area contributed by atoms with Gasteiger partial charge in [-0.25, -0.2) is 0 Å². The van der Waals surface area contributed by atoms with Crippen LogP contribution in [-0.4, -0.2) is 13.1 Å². The predicted octanol–water partition coefficient (Wildman–Crippen LogP) is 5.00. The van der Waals surface area contributed by atoms with E-state index in [4.69, 9.17) is 0 Å². The van der Waals surface area contributed by atoms with E-state index in [1.54, 1.807) is 5.56 Å². The van der Waals surface area contributed by atoms with Crippen molar-refractivity contribution >= 4 is 0 Å². The summed E-state index contributed by atoms with van der Waals surface area (Å²) in [4.78, 5) is 0. The minimum Gasteiger partial charge on any atom is -0.316 e. The second-order valence-electron chi connectivity index (χ2n) is 8.23. The topological polar surface area (TPSA) is 12.0 Å². The van der Waals surface area contributed by atoms with Crippen molar-refractivity contribution in [1.82, 2.24) is 5.32 Å². The Hall–Kier alpha value is -0.820. The molecule has 0 amide bonds. The molecule has 1 nitrogen and oxygen atoms in total. The van der Waals surface area contributed by atoms with Crippen molar-refractivity contribution in [2.45, 2.75) is 66.2 Å². The van der Waals surface area contributed by atoms with Crippen molar-refractivity contribution in [2.24, 2.45) is 11.3 Å². The van der Waals surface area contributed by atoms with Gasteiger partial charge in [-0.05, 0) is 67.7 Å². The summed E-state index contributed by atoms with van der Waals surface area (Å²) in [6.07, 6.45) is 3.87. The highest BCUT2D eigenvalue weighted by Gasteiger charge is 2.49. The maximum Gasteiger partial charge on any atom is 0.00835 e. The molecular weight excluding hydrogens is 254 g/mol. The van der Waals surface area contributed by atoms with Crippen molar-refractivity contribution < 1.29 is 0 Å². The minimum atomic E-state index is 0.367. The lowest BCUT2D eigenvalue weighted by molar-refractivity contribution is 0.0449. The van der Waals surface area contributed by atoms with Gasteiger partial charge in [0.05, 0.1) is 0 Å². The molecule has 1 fully saturated rings. The van der Waals surface area contributed by atoms with Gasteiger partial charge >= 0.3 is 0 Å². The van der Waals surface area contributed by atoms with Gasteiger partial charge in [-0.2, -0.15) is 0 Å². The second kappa shape index (κ2) is 6.12. The molecule has 1 aliphatic carbocycles. The fourth-order valence-electron chi connectivity index (χ4n) is 3.55. The monoisotopic (exact) mass is 287 g/mol. The fourth-order valence-corrected chi connectivity index (χ4v) is 3.55. The molecule has 21 heavy (non-hydrogen) atoms. The van der Waals surface area contributed by atoms with Gasteiger partial charge in [0.2, 0.25) is 0 Å². The van der Waals surface area contributed by atoms with Crippen molar-refractivity contribution in [1.29, 1.82) is 0 Å². The van der Waals surface area contributed by atoms with E-state index in [9.17, 15) is 0 Å². The molecule has 0 unspecified atom stereocenters. The number of nitrogens with one attached hydrogen (secondary N) is 1. The van der Waals surface area contributed by atoms with E-state index in [0.717, 1.165) is 19.0 Å². The van der Waals surface area contributed by atoms with Gasteiger partial charge < -0.3 is 5.32 Å². The van der Waals surface area contributed by atoms with Crippen LogP contribution in [0.1, 0.15) is 63.6 Å². The third-order valence-corrected chi connectivity index (χ3v) is 5.51. The molecule has 1 N–H and O–H groups in total. The van der Waals surface area contributed by atoms with Crippen LogP contribution in [-0.2, 0) is 5.41 Å². The van der Waals surface area contributed by atoms with E-state index in [1.807, 2.05) is 0 Å². The third-order valence-electron chi connectivity index (χ3n) is 5.51. The number of hydrogen-bond acceptors (Lipinski definition) is 1. The van der Waals surface area contributed by atoms with Gasteiger partial charge in [0.25, 0.3) is 0 Å². The van der Waals surface area contributed by atoms with Gasteiger partial charge in [0.1, 0.15) is 0 Å². The van der Waals surface area contributed by atoms with E-state index in [1.165, 1.54) is 30.4 Å².